The fourth-order valence-electron chi connectivity index (χ4n) is 4.06. The molecule has 1 atom stereocenters. The van der Waals surface area contributed by atoms with Crippen molar-refractivity contribution < 1.29 is 14.0 Å². The summed E-state index contributed by atoms with van der Waals surface area (Å²) >= 11 is 0. The van der Waals surface area contributed by atoms with Crippen LogP contribution in [0, 0.1) is 5.82 Å². The van der Waals surface area contributed by atoms with Crippen LogP contribution < -0.4 is 10.6 Å². The van der Waals surface area contributed by atoms with E-state index in [0.29, 0.717) is 49.7 Å². The Labute approximate surface area is 183 Å². The largest absolute Gasteiger partial charge is 0.344 e. The fourth-order valence-corrected chi connectivity index (χ4v) is 4.06. The lowest BCUT2D eigenvalue weighted by molar-refractivity contribution is -0.135. The Kier molecular flexibility index (Phi) is 5.22. The van der Waals surface area contributed by atoms with Gasteiger partial charge in [0, 0.05) is 48.6 Å². The van der Waals surface area contributed by atoms with Crippen molar-refractivity contribution in [3.05, 3.63) is 65.9 Å². The molecule has 0 bridgehead atoms. The first-order valence-corrected chi connectivity index (χ1v) is 10.5. The number of carbonyl (C=O) groups is 2. The molecule has 0 aliphatic carbocycles. The minimum atomic E-state index is -0.485. The van der Waals surface area contributed by atoms with Crippen molar-refractivity contribution in [1.29, 1.82) is 0 Å². The fraction of sp³-hybridized carbons (Fsp3) is 0.261. The molecular formula is C23H21FN6O2. The van der Waals surface area contributed by atoms with Crippen LogP contribution in [0.15, 0.2) is 48.8 Å². The molecule has 1 unspecified atom stereocenters. The van der Waals surface area contributed by atoms with Gasteiger partial charge in [-0.15, -0.1) is 0 Å². The van der Waals surface area contributed by atoms with Gasteiger partial charge < -0.3 is 15.5 Å². The smallest absolute Gasteiger partial charge is 0.245 e. The summed E-state index contributed by atoms with van der Waals surface area (Å²) < 4.78 is 13.8. The average molecular weight is 432 g/mol. The first kappa shape index (κ1) is 20.0. The second-order valence-electron chi connectivity index (χ2n) is 7.86. The summed E-state index contributed by atoms with van der Waals surface area (Å²) in [6.07, 6.45) is 4.78. The number of pyridine rings is 1. The summed E-state index contributed by atoms with van der Waals surface area (Å²) in [5.74, 6) is 0.505. The van der Waals surface area contributed by atoms with Crippen LogP contribution in [-0.4, -0.2) is 44.3 Å². The predicted octanol–water partition coefficient (Wildman–Crippen LogP) is 2.58. The van der Waals surface area contributed by atoms with Crippen LogP contribution in [0.2, 0.25) is 0 Å². The number of rotatable bonds is 4. The van der Waals surface area contributed by atoms with Crippen molar-refractivity contribution in [2.24, 2.45) is 0 Å². The molecule has 9 heteroatoms. The third kappa shape index (κ3) is 4.01. The number of nitrogens with zero attached hydrogens (tertiary/aromatic N) is 4. The normalized spacial score (nSPS) is 17.6. The number of benzene rings is 1. The van der Waals surface area contributed by atoms with Crippen LogP contribution in [0.1, 0.15) is 24.1 Å². The zero-order valence-electron chi connectivity index (χ0n) is 17.2. The highest BCUT2D eigenvalue weighted by atomic mass is 19.1. The third-order valence-corrected chi connectivity index (χ3v) is 5.69. The van der Waals surface area contributed by atoms with Crippen LogP contribution in [-0.2, 0) is 22.6 Å². The van der Waals surface area contributed by atoms with Gasteiger partial charge in [-0.05, 0) is 36.8 Å². The predicted molar refractivity (Wildman–Crippen MR) is 115 cm³/mol. The van der Waals surface area contributed by atoms with Gasteiger partial charge in [-0.25, -0.2) is 14.4 Å². The van der Waals surface area contributed by atoms with Crippen molar-refractivity contribution in [3.8, 4) is 11.4 Å². The number of carbonyl (C=O) groups excluding carboxylic acids is 2. The monoisotopic (exact) mass is 432 g/mol. The molecule has 1 saturated heterocycles. The molecule has 0 radical (unpaired) electrons. The van der Waals surface area contributed by atoms with Crippen molar-refractivity contribution in [2.45, 2.75) is 31.8 Å². The molecule has 162 valence electrons. The number of anilines is 2. The molecule has 1 fully saturated rings. The molecule has 8 nitrogen and oxygen atoms in total. The molecule has 4 heterocycles. The van der Waals surface area contributed by atoms with Crippen LogP contribution in [0.5, 0.6) is 0 Å². The SMILES string of the molecule is O=C1CCC(C(=O)N2CCc3nc(-c4ccncc4)nc(Nc4cccc(F)c4)c3C2)N1. The summed E-state index contributed by atoms with van der Waals surface area (Å²) in [4.78, 5) is 39.7. The van der Waals surface area contributed by atoms with Crippen molar-refractivity contribution >= 4 is 23.3 Å². The first-order chi connectivity index (χ1) is 15.6. The Balaban J connectivity index is 1.50. The molecule has 2 aromatic heterocycles. The quantitative estimate of drug-likeness (QED) is 0.657. The molecular weight excluding hydrogens is 411 g/mol. The summed E-state index contributed by atoms with van der Waals surface area (Å²) in [5, 5.41) is 5.95. The topological polar surface area (TPSA) is 100 Å². The number of hydrogen-bond acceptors (Lipinski definition) is 6. The van der Waals surface area contributed by atoms with Gasteiger partial charge in [0.1, 0.15) is 17.7 Å². The number of fused-ring (bicyclic) bond motifs is 1. The van der Waals surface area contributed by atoms with Gasteiger partial charge in [-0.3, -0.25) is 14.6 Å². The maximum atomic E-state index is 13.8. The third-order valence-electron chi connectivity index (χ3n) is 5.69. The lowest BCUT2D eigenvalue weighted by Gasteiger charge is -2.31. The molecule has 5 rings (SSSR count). The van der Waals surface area contributed by atoms with E-state index in [2.05, 4.69) is 15.6 Å². The molecule has 2 amide bonds. The summed E-state index contributed by atoms with van der Waals surface area (Å²) in [6.45, 7) is 0.819. The van der Waals surface area contributed by atoms with Gasteiger partial charge in [0.15, 0.2) is 5.82 Å². The van der Waals surface area contributed by atoms with Gasteiger partial charge in [-0.2, -0.15) is 0 Å². The number of amides is 2. The molecule has 2 aliphatic rings. The maximum Gasteiger partial charge on any atom is 0.245 e. The second-order valence-corrected chi connectivity index (χ2v) is 7.86. The Morgan fingerprint density at radius 2 is 2.00 bits per heavy atom. The molecule has 0 spiro atoms. The van der Waals surface area contributed by atoms with E-state index in [1.165, 1.54) is 12.1 Å². The number of halogens is 1. The Hall–Kier alpha value is -3.88. The van der Waals surface area contributed by atoms with Crippen molar-refractivity contribution in [3.63, 3.8) is 0 Å². The van der Waals surface area contributed by atoms with E-state index in [1.807, 2.05) is 12.1 Å². The van der Waals surface area contributed by atoms with E-state index in [4.69, 9.17) is 9.97 Å². The number of aromatic nitrogens is 3. The average Bonchev–Trinajstić information content (AvgIpc) is 3.25. The lowest BCUT2D eigenvalue weighted by Crippen LogP contribution is -2.46. The zero-order valence-corrected chi connectivity index (χ0v) is 17.2. The highest BCUT2D eigenvalue weighted by Crippen LogP contribution is 2.30. The second kappa shape index (κ2) is 8.33. The number of hydrogen-bond donors (Lipinski definition) is 2. The van der Waals surface area contributed by atoms with Crippen LogP contribution >= 0.6 is 0 Å². The van der Waals surface area contributed by atoms with Crippen LogP contribution in [0.3, 0.4) is 0 Å². The van der Waals surface area contributed by atoms with Crippen LogP contribution in [0.4, 0.5) is 15.9 Å². The highest BCUT2D eigenvalue weighted by Gasteiger charge is 2.33. The Morgan fingerprint density at radius 3 is 2.75 bits per heavy atom. The molecule has 32 heavy (non-hydrogen) atoms. The van der Waals surface area contributed by atoms with Crippen molar-refractivity contribution in [1.82, 2.24) is 25.2 Å². The van der Waals surface area contributed by atoms with Gasteiger partial charge in [-0.1, -0.05) is 6.07 Å². The standard InChI is InChI=1S/C23H21FN6O2/c24-15-2-1-3-16(12-15)26-22-17-13-30(23(32)19-4-5-20(31)27-19)11-8-18(17)28-21(29-22)14-6-9-25-10-7-14/h1-3,6-7,9-10,12,19H,4-5,8,11,13H2,(H,27,31)(H,26,28,29). The van der Waals surface area contributed by atoms with E-state index in [0.717, 1.165) is 16.8 Å². The Morgan fingerprint density at radius 1 is 1.16 bits per heavy atom. The Bertz CT molecular complexity index is 1190. The van der Waals surface area contributed by atoms with E-state index >= 15 is 0 Å². The summed E-state index contributed by atoms with van der Waals surface area (Å²) in [6, 6.07) is 9.31. The molecule has 0 saturated carbocycles. The minimum absolute atomic E-state index is 0.0976. The zero-order chi connectivity index (χ0) is 22.1. The highest BCUT2D eigenvalue weighted by molar-refractivity contribution is 5.91. The number of nitrogens with one attached hydrogen (secondary N) is 2. The molecule has 2 aliphatic heterocycles. The van der Waals surface area contributed by atoms with E-state index < -0.39 is 6.04 Å². The first-order valence-electron chi connectivity index (χ1n) is 10.5. The summed E-state index contributed by atoms with van der Waals surface area (Å²) in [5.41, 5.74) is 3.00. The molecule has 1 aromatic carbocycles. The van der Waals surface area contributed by atoms with Gasteiger partial charge in [0.25, 0.3) is 0 Å². The van der Waals surface area contributed by atoms with Crippen molar-refractivity contribution in [2.75, 3.05) is 11.9 Å². The van der Waals surface area contributed by atoms with Gasteiger partial charge in [0.05, 0.1) is 12.2 Å². The summed E-state index contributed by atoms with van der Waals surface area (Å²) in [7, 11) is 0. The van der Waals surface area contributed by atoms with Crippen LogP contribution in [0.25, 0.3) is 11.4 Å². The van der Waals surface area contributed by atoms with E-state index in [-0.39, 0.29) is 17.6 Å². The van der Waals surface area contributed by atoms with E-state index in [9.17, 15) is 14.0 Å². The van der Waals surface area contributed by atoms with Gasteiger partial charge >= 0.3 is 0 Å². The van der Waals surface area contributed by atoms with Gasteiger partial charge in [0.2, 0.25) is 11.8 Å². The lowest BCUT2D eigenvalue weighted by atomic mass is 10.0. The maximum absolute atomic E-state index is 13.8. The molecule has 2 N–H and O–H groups in total. The van der Waals surface area contributed by atoms with E-state index in [1.54, 1.807) is 29.4 Å². The minimum Gasteiger partial charge on any atom is -0.344 e. The molecule has 3 aromatic rings.